The highest BCUT2D eigenvalue weighted by atomic mass is 31.2. The van der Waals surface area contributed by atoms with Gasteiger partial charge in [-0.15, -0.1) is 0 Å². The zero-order chi connectivity index (χ0) is 60.1. The standard InChI is InChI=1S/C62H113O17P/c1-10-14-18-22-26-30-34-38-47(5)58(66)76-53(52(63)46-51(57(64)65)42-45-80(71,72)73)54(77-59(67)48(6)39-35-31-27-23-19-15-11-2)55(78-60(68)49(7)40-36-32-28-24-20-16-12-3)56(62(70)75-44-43-74-9)79-61(69)50(8)41-37-33-29-25-21-17-13-4/h47-51,53-56H,10-46H2,1-9H3,(H,64,65)(H2,71,72,73). The van der Waals surface area contributed by atoms with Crippen molar-refractivity contribution in [2.75, 3.05) is 26.5 Å². The summed E-state index contributed by atoms with van der Waals surface area (Å²) < 4.78 is 47.5. The minimum atomic E-state index is -4.78. The van der Waals surface area contributed by atoms with Gasteiger partial charge in [0.1, 0.15) is 6.61 Å². The number of rotatable bonds is 54. The normalized spacial score (nSPS) is 15.1. The number of hydrogen-bond donors (Lipinski definition) is 3. The first kappa shape index (κ1) is 76.6. The Morgan fingerprint density at radius 3 is 1.01 bits per heavy atom. The van der Waals surface area contributed by atoms with Crippen LogP contribution in [-0.2, 0) is 66.5 Å². The maximum Gasteiger partial charge on any atom is 0.351 e. The van der Waals surface area contributed by atoms with Crippen molar-refractivity contribution in [3.63, 3.8) is 0 Å². The molecule has 0 aliphatic carbocycles. The van der Waals surface area contributed by atoms with E-state index in [1.54, 1.807) is 27.7 Å². The number of methoxy groups -OCH3 is 1. The van der Waals surface area contributed by atoms with Crippen molar-refractivity contribution in [3.8, 4) is 0 Å². The molecule has 80 heavy (non-hydrogen) atoms. The van der Waals surface area contributed by atoms with Crippen LogP contribution in [0.25, 0.3) is 0 Å². The molecule has 0 aromatic rings. The summed E-state index contributed by atoms with van der Waals surface area (Å²) in [7, 11) is -3.40. The van der Waals surface area contributed by atoms with E-state index in [0.29, 0.717) is 51.4 Å². The second-order valence-corrected chi connectivity index (χ2v) is 24.6. The number of carboxylic acids is 1. The maximum absolute atomic E-state index is 15.1. The molecule has 0 amide bonds. The van der Waals surface area contributed by atoms with E-state index in [-0.39, 0.29) is 13.2 Å². The molecule has 0 spiro atoms. The van der Waals surface area contributed by atoms with Crippen molar-refractivity contribution in [3.05, 3.63) is 0 Å². The smallest absolute Gasteiger partial charge is 0.351 e. The van der Waals surface area contributed by atoms with Crippen LogP contribution in [0.2, 0.25) is 0 Å². The first-order valence-corrected chi connectivity index (χ1v) is 33.3. The molecule has 0 bridgehead atoms. The summed E-state index contributed by atoms with van der Waals surface area (Å²) in [5.41, 5.74) is 0. The van der Waals surface area contributed by atoms with E-state index in [2.05, 4.69) is 27.7 Å². The minimum Gasteiger partial charge on any atom is -0.481 e. The van der Waals surface area contributed by atoms with Gasteiger partial charge >= 0.3 is 43.4 Å². The Balaban J connectivity index is 8.10. The SMILES string of the molecule is CCCCCCCCCC(C)C(=O)OC(C(=O)CC(CCP(=O)(O)O)C(=O)O)C(OC(=O)C(C)CCCCCCCCC)C(OC(=O)C(C)CCCCCCCCC)C(OC(=O)C(C)CCCCCCCCC)C(=O)OCCOC. The summed E-state index contributed by atoms with van der Waals surface area (Å²) in [6, 6.07) is 0. The summed E-state index contributed by atoms with van der Waals surface area (Å²) in [5.74, 6) is -12.8. The predicted molar refractivity (Wildman–Crippen MR) is 312 cm³/mol. The van der Waals surface area contributed by atoms with Crippen LogP contribution in [0, 0.1) is 29.6 Å². The molecule has 0 aliphatic rings. The first-order valence-electron chi connectivity index (χ1n) is 31.5. The van der Waals surface area contributed by atoms with Crippen molar-refractivity contribution < 1.29 is 81.4 Å². The Kier molecular flexibility index (Phi) is 46.0. The molecule has 0 aromatic carbocycles. The quantitative estimate of drug-likeness (QED) is 0.0221. The van der Waals surface area contributed by atoms with Crippen LogP contribution in [0.15, 0.2) is 0 Å². The second kappa shape index (κ2) is 48.0. The van der Waals surface area contributed by atoms with Gasteiger partial charge in [0.2, 0.25) is 12.2 Å². The zero-order valence-corrected chi connectivity index (χ0v) is 52.3. The first-order chi connectivity index (χ1) is 38.2. The van der Waals surface area contributed by atoms with Crippen LogP contribution in [0.5, 0.6) is 0 Å². The van der Waals surface area contributed by atoms with Crippen molar-refractivity contribution in [1.29, 1.82) is 0 Å². The zero-order valence-electron chi connectivity index (χ0n) is 51.4. The fourth-order valence-corrected chi connectivity index (χ4v) is 10.2. The number of ketones is 1. The van der Waals surface area contributed by atoms with Crippen LogP contribution in [0.1, 0.15) is 274 Å². The van der Waals surface area contributed by atoms with E-state index in [1.165, 1.54) is 7.11 Å². The predicted octanol–water partition coefficient (Wildman–Crippen LogP) is 14.2. The Morgan fingerprint density at radius 1 is 0.400 bits per heavy atom. The second-order valence-electron chi connectivity index (χ2n) is 22.8. The molecule has 3 N–H and O–H groups in total. The van der Waals surface area contributed by atoms with Gasteiger partial charge in [-0.1, -0.05) is 235 Å². The Morgan fingerprint density at radius 2 is 0.700 bits per heavy atom. The number of ether oxygens (including phenoxy) is 6. The number of carboxylic acid groups (broad SMARTS) is 1. The molecular weight excluding hydrogens is 1050 g/mol. The van der Waals surface area contributed by atoms with Crippen LogP contribution in [0.3, 0.4) is 0 Å². The molecule has 0 aromatic heterocycles. The molecule has 9 unspecified atom stereocenters. The molecule has 0 radical (unpaired) electrons. The van der Waals surface area contributed by atoms with E-state index in [0.717, 1.165) is 154 Å². The summed E-state index contributed by atoms with van der Waals surface area (Å²) >= 11 is 0. The number of esters is 5. The molecule has 0 rings (SSSR count). The fourth-order valence-electron chi connectivity index (χ4n) is 9.56. The lowest BCUT2D eigenvalue weighted by Gasteiger charge is -2.36. The lowest BCUT2D eigenvalue weighted by Crippen LogP contribution is -2.57. The van der Waals surface area contributed by atoms with Gasteiger partial charge in [-0.05, 0) is 32.1 Å². The summed E-state index contributed by atoms with van der Waals surface area (Å²) in [6.45, 7) is 14.5. The maximum atomic E-state index is 15.1. The molecule has 0 saturated carbocycles. The number of aliphatic carboxylic acids is 1. The number of unbranched alkanes of at least 4 members (excludes halogenated alkanes) is 24. The largest absolute Gasteiger partial charge is 0.481 e. The molecule has 9 atom stereocenters. The van der Waals surface area contributed by atoms with Gasteiger partial charge in [-0.3, -0.25) is 33.3 Å². The number of carbonyl (C=O) groups excluding carboxylic acids is 6. The average Bonchev–Trinajstić information content (AvgIpc) is 3.41. The van der Waals surface area contributed by atoms with E-state index in [1.807, 2.05) is 0 Å². The van der Waals surface area contributed by atoms with Crippen molar-refractivity contribution in [2.24, 2.45) is 29.6 Å². The van der Waals surface area contributed by atoms with Crippen LogP contribution < -0.4 is 0 Å². The fraction of sp³-hybridized carbons (Fsp3) is 0.887. The molecule has 17 nitrogen and oxygen atoms in total. The van der Waals surface area contributed by atoms with E-state index < -0.39 is 122 Å². The van der Waals surface area contributed by atoms with Gasteiger partial charge in [-0.25, -0.2) is 4.79 Å². The van der Waals surface area contributed by atoms with Crippen molar-refractivity contribution in [1.82, 2.24) is 0 Å². The van der Waals surface area contributed by atoms with Crippen molar-refractivity contribution in [2.45, 2.75) is 298 Å². The van der Waals surface area contributed by atoms with Crippen LogP contribution in [-0.4, -0.2) is 107 Å². The summed E-state index contributed by atoms with van der Waals surface area (Å²) in [6.07, 6.45) is 16.7. The Bertz CT molecular complexity index is 1720. The lowest BCUT2D eigenvalue weighted by atomic mass is 9.91. The van der Waals surface area contributed by atoms with Crippen LogP contribution >= 0.6 is 7.60 Å². The highest BCUT2D eigenvalue weighted by Crippen LogP contribution is 2.37. The van der Waals surface area contributed by atoms with E-state index in [9.17, 15) is 48.2 Å². The highest BCUT2D eigenvalue weighted by Gasteiger charge is 2.52. The molecule has 18 heteroatoms. The highest BCUT2D eigenvalue weighted by molar-refractivity contribution is 7.51. The minimum absolute atomic E-state index is 0.101. The molecule has 0 fully saturated rings. The van der Waals surface area contributed by atoms with E-state index >= 15 is 4.79 Å². The number of carbonyl (C=O) groups is 7. The van der Waals surface area contributed by atoms with Gasteiger partial charge in [-0.2, -0.15) is 0 Å². The molecule has 0 aliphatic heterocycles. The number of Topliss-reactive ketones (excluding diaryl/α,β-unsaturated/α-hetero) is 1. The van der Waals surface area contributed by atoms with Gasteiger partial charge in [0.25, 0.3) is 0 Å². The Labute approximate surface area is 483 Å². The summed E-state index contributed by atoms with van der Waals surface area (Å²) in [4.78, 5) is 120. The summed E-state index contributed by atoms with van der Waals surface area (Å²) in [5, 5.41) is 10.4. The molecule has 0 heterocycles. The van der Waals surface area contributed by atoms with Gasteiger partial charge < -0.3 is 43.3 Å². The average molecular weight is 1160 g/mol. The van der Waals surface area contributed by atoms with Gasteiger partial charge in [0.15, 0.2) is 18.0 Å². The topological polar surface area (TPSA) is 253 Å². The third kappa shape index (κ3) is 37.7. The lowest BCUT2D eigenvalue weighted by molar-refractivity contribution is -0.211. The van der Waals surface area contributed by atoms with Gasteiger partial charge in [0.05, 0.1) is 42.4 Å². The van der Waals surface area contributed by atoms with E-state index in [4.69, 9.17) is 28.4 Å². The van der Waals surface area contributed by atoms with Gasteiger partial charge in [0, 0.05) is 13.5 Å². The third-order valence-corrected chi connectivity index (χ3v) is 16.0. The molecule has 468 valence electrons. The number of hydrogen-bond acceptors (Lipinski definition) is 14. The molecular formula is C62H113O17P. The Hall–Kier alpha value is -3.40. The van der Waals surface area contributed by atoms with Crippen molar-refractivity contribution >= 4 is 49.2 Å². The van der Waals surface area contributed by atoms with Crippen LogP contribution in [0.4, 0.5) is 0 Å². The monoisotopic (exact) mass is 1160 g/mol. The third-order valence-electron chi connectivity index (χ3n) is 15.1. The molecule has 0 saturated heterocycles.